The van der Waals surface area contributed by atoms with Crippen molar-refractivity contribution in [2.75, 3.05) is 0 Å². The van der Waals surface area contributed by atoms with Crippen LogP contribution in [0.3, 0.4) is 0 Å². The third-order valence-electron chi connectivity index (χ3n) is 3.88. The largest absolute Gasteiger partial charge is 0.451 e. The van der Waals surface area contributed by atoms with Gasteiger partial charge in [0.25, 0.3) is 0 Å². The number of rotatable bonds is 3. The molecule has 4 aromatic rings. The molecular formula is C20H13IN2O2. The van der Waals surface area contributed by atoms with Gasteiger partial charge in [-0.1, -0.05) is 42.5 Å². The number of furan rings is 1. The molecule has 0 radical (unpaired) electrons. The molecule has 1 aromatic heterocycles. The summed E-state index contributed by atoms with van der Waals surface area (Å²) in [7, 11) is 0. The summed E-state index contributed by atoms with van der Waals surface area (Å²) in [6, 6.07) is 21.5. The second-order valence-electron chi connectivity index (χ2n) is 5.56. The van der Waals surface area contributed by atoms with E-state index in [1.165, 1.54) is 0 Å². The first-order chi connectivity index (χ1) is 12.2. The number of carbonyl (C=O) groups is 1. The zero-order chi connectivity index (χ0) is 17.2. The third kappa shape index (κ3) is 3.28. The maximum Gasteiger partial charge on any atom is 0.307 e. The van der Waals surface area contributed by atoms with Crippen LogP contribution in [0.4, 0.5) is 0 Å². The van der Waals surface area contributed by atoms with E-state index >= 15 is 0 Å². The Balaban J connectivity index is 1.59. The van der Waals surface area contributed by atoms with Gasteiger partial charge < -0.3 is 4.42 Å². The van der Waals surface area contributed by atoms with E-state index in [1.54, 1.807) is 12.3 Å². The van der Waals surface area contributed by atoms with E-state index in [9.17, 15) is 4.79 Å². The van der Waals surface area contributed by atoms with Crippen molar-refractivity contribution in [3.05, 3.63) is 81.6 Å². The van der Waals surface area contributed by atoms with E-state index in [0.29, 0.717) is 5.58 Å². The fourth-order valence-corrected chi connectivity index (χ4v) is 3.28. The van der Waals surface area contributed by atoms with Crippen LogP contribution in [0.5, 0.6) is 0 Å². The molecule has 0 bridgehead atoms. The van der Waals surface area contributed by atoms with Crippen molar-refractivity contribution in [3.8, 4) is 0 Å². The van der Waals surface area contributed by atoms with Crippen LogP contribution >= 0.6 is 22.6 Å². The van der Waals surface area contributed by atoms with Gasteiger partial charge in [-0.15, -0.1) is 0 Å². The highest BCUT2D eigenvalue weighted by Crippen LogP contribution is 2.28. The van der Waals surface area contributed by atoms with Crippen LogP contribution in [0.2, 0.25) is 0 Å². The van der Waals surface area contributed by atoms with Crippen LogP contribution in [0.1, 0.15) is 16.1 Å². The van der Waals surface area contributed by atoms with E-state index in [2.05, 4.69) is 33.1 Å². The summed E-state index contributed by atoms with van der Waals surface area (Å²) in [5.74, 6) is -0.131. The second-order valence-corrected chi connectivity index (χ2v) is 6.81. The molecule has 0 spiro atoms. The number of amides is 1. The number of hydrogen-bond acceptors (Lipinski definition) is 3. The SMILES string of the molecule is O=C(NN=Cc1cccc(I)c1)c1cc2c(ccc3ccccc32)o1. The van der Waals surface area contributed by atoms with Crippen LogP contribution in [0, 0.1) is 3.57 Å². The summed E-state index contributed by atoms with van der Waals surface area (Å²) in [5.41, 5.74) is 4.12. The normalized spacial score (nSPS) is 11.4. The number of fused-ring (bicyclic) bond motifs is 3. The first-order valence-corrected chi connectivity index (χ1v) is 8.79. The molecule has 0 saturated carbocycles. The Kier molecular flexibility index (Phi) is 4.23. The smallest absolute Gasteiger partial charge is 0.307 e. The second kappa shape index (κ2) is 6.68. The van der Waals surface area contributed by atoms with Gasteiger partial charge in [0.1, 0.15) is 5.58 Å². The molecule has 4 nitrogen and oxygen atoms in total. The highest BCUT2D eigenvalue weighted by Gasteiger charge is 2.13. The van der Waals surface area contributed by atoms with E-state index in [4.69, 9.17) is 4.42 Å². The van der Waals surface area contributed by atoms with Crippen LogP contribution in [0.15, 0.2) is 76.2 Å². The lowest BCUT2D eigenvalue weighted by Crippen LogP contribution is -2.16. The van der Waals surface area contributed by atoms with Crippen molar-refractivity contribution in [2.45, 2.75) is 0 Å². The molecule has 5 heteroatoms. The zero-order valence-corrected chi connectivity index (χ0v) is 15.2. The van der Waals surface area contributed by atoms with Crippen LogP contribution in [0.25, 0.3) is 21.7 Å². The molecule has 25 heavy (non-hydrogen) atoms. The van der Waals surface area contributed by atoms with Crippen molar-refractivity contribution in [3.63, 3.8) is 0 Å². The van der Waals surface area contributed by atoms with E-state index < -0.39 is 0 Å². The fourth-order valence-electron chi connectivity index (χ4n) is 2.71. The number of nitrogens with zero attached hydrogens (tertiary/aromatic N) is 1. The number of benzene rings is 3. The standard InChI is InChI=1S/C20H13IN2O2/c21-15-6-3-4-13(10-15)12-22-23-20(24)19-11-17-16-7-2-1-5-14(16)8-9-18(17)25-19/h1-12H,(H,23,24). The summed E-state index contributed by atoms with van der Waals surface area (Å²) in [6.45, 7) is 0. The number of carbonyl (C=O) groups excluding carboxylic acids is 1. The highest BCUT2D eigenvalue weighted by molar-refractivity contribution is 14.1. The van der Waals surface area contributed by atoms with Gasteiger partial charge in [0.05, 0.1) is 6.21 Å². The maximum atomic E-state index is 12.3. The average molecular weight is 440 g/mol. The fraction of sp³-hybridized carbons (Fsp3) is 0. The van der Waals surface area contributed by atoms with E-state index in [-0.39, 0.29) is 11.7 Å². The molecule has 0 fully saturated rings. The van der Waals surface area contributed by atoms with Gasteiger partial charge in [-0.2, -0.15) is 5.10 Å². The summed E-state index contributed by atoms with van der Waals surface area (Å²) >= 11 is 2.23. The molecule has 122 valence electrons. The molecule has 0 saturated heterocycles. The Morgan fingerprint density at radius 2 is 1.88 bits per heavy atom. The van der Waals surface area contributed by atoms with Gasteiger partial charge >= 0.3 is 5.91 Å². The zero-order valence-electron chi connectivity index (χ0n) is 13.1. The Morgan fingerprint density at radius 1 is 1.00 bits per heavy atom. The summed E-state index contributed by atoms with van der Waals surface area (Å²) < 4.78 is 6.78. The van der Waals surface area contributed by atoms with Crippen molar-refractivity contribution in [1.29, 1.82) is 0 Å². The molecule has 1 N–H and O–H groups in total. The number of hydrogen-bond donors (Lipinski definition) is 1. The number of halogens is 1. The van der Waals surface area contributed by atoms with Gasteiger partial charge in [-0.25, -0.2) is 5.43 Å². The topological polar surface area (TPSA) is 54.6 Å². The molecule has 3 aromatic carbocycles. The van der Waals surface area contributed by atoms with Crippen LogP contribution in [-0.4, -0.2) is 12.1 Å². The quantitative estimate of drug-likeness (QED) is 0.278. The Hall–Kier alpha value is -2.67. The van der Waals surface area contributed by atoms with Crippen LogP contribution < -0.4 is 5.43 Å². The minimum atomic E-state index is -0.373. The van der Waals surface area contributed by atoms with Crippen molar-refractivity contribution < 1.29 is 9.21 Å². The summed E-state index contributed by atoms with van der Waals surface area (Å²) in [6.07, 6.45) is 1.61. The summed E-state index contributed by atoms with van der Waals surface area (Å²) in [4.78, 5) is 12.3. The van der Waals surface area contributed by atoms with Crippen LogP contribution in [-0.2, 0) is 0 Å². The van der Waals surface area contributed by atoms with Crippen molar-refractivity contribution in [1.82, 2.24) is 5.43 Å². The minimum absolute atomic E-state index is 0.242. The van der Waals surface area contributed by atoms with Gasteiger partial charge in [0.15, 0.2) is 5.76 Å². The molecular weight excluding hydrogens is 427 g/mol. The van der Waals surface area contributed by atoms with E-state index in [1.807, 2.05) is 60.7 Å². The van der Waals surface area contributed by atoms with Gasteiger partial charge in [0, 0.05) is 8.96 Å². The first-order valence-electron chi connectivity index (χ1n) is 7.71. The number of nitrogens with one attached hydrogen (secondary N) is 1. The van der Waals surface area contributed by atoms with Gasteiger partial charge in [0.2, 0.25) is 0 Å². The molecule has 0 unspecified atom stereocenters. The molecule has 0 aliphatic heterocycles. The van der Waals surface area contributed by atoms with E-state index in [0.717, 1.165) is 25.3 Å². The molecule has 1 heterocycles. The number of hydrazone groups is 1. The lowest BCUT2D eigenvalue weighted by molar-refractivity contribution is 0.0929. The lowest BCUT2D eigenvalue weighted by atomic mass is 10.1. The molecule has 0 aliphatic rings. The lowest BCUT2D eigenvalue weighted by Gasteiger charge is -1.96. The maximum absolute atomic E-state index is 12.3. The third-order valence-corrected chi connectivity index (χ3v) is 4.55. The monoisotopic (exact) mass is 440 g/mol. The van der Waals surface area contributed by atoms with Gasteiger partial charge in [-0.05, 0) is 63.2 Å². The van der Waals surface area contributed by atoms with Crippen molar-refractivity contribution >= 4 is 56.5 Å². The molecule has 0 atom stereocenters. The molecule has 0 aliphatic carbocycles. The predicted molar refractivity (Wildman–Crippen MR) is 108 cm³/mol. The average Bonchev–Trinajstić information content (AvgIpc) is 3.07. The van der Waals surface area contributed by atoms with Crippen molar-refractivity contribution in [2.24, 2.45) is 5.10 Å². The Labute approximate surface area is 157 Å². The Morgan fingerprint density at radius 3 is 2.76 bits per heavy atom. The molecule has 4 rings (SSSR count). The molecule has 1 amide bonds. The first kappa shape index (κ1) is 15.8. The summed E-state index contributed by atoms with van der Waals surface area (Å²) in [5, 5.41) is 7.10. The minimum Gasteiger partial charge on any atom is -0.451 e. The predicted octanol–water partition coefficient (Wildman–Crippen LogP) is 4.95. The van der Waals surface area contributed by atoms with Gasteiger partial charge in [-0.3, -0.25) is 4.79 Å². The Bertz CT molecular complexity index is 1120. The highest BCUT2D eigenvalue weighted by atomic mass is 127.